The maximum absolute atomic E-state index is 9.97. The maximum Gasteiger partial charge on any atom is 0.0976 e. The first-order valence-electron chi connectivity index (χ1n) is 6.85. The standard InChI is InChI=1S/C16H19NOS/c1-10-6-11(2)8-12(7-10)9-15-17-16-13(18)4-3-5-14(16)19-15/h6-8,13,18H,3-5,9H2,1-2H3. The van der Waals surface area contributed by atoms with Crippen LogP contribution in [0.1, 0.15) is 51.2 Å². The number of aliphatic hydroxyl groups is 1. The van der Waals surface area contributed by atoms with Crippen molar-refractivity contribution in [3.05, 3.63) is 50.5 Å². The predicted octanol–water partition coefficient (Wildman–Crippen LogP) is 3.72. The third-order valence-electron chi connectivity index (χ3n) is 3.61. The number of hydrogen-bond acceptors (Lipinski definition) is 3. The van der Waals surface area contributed by atoms with E-state index in [0.717, 1.165) is 36.4 Å². The molecule has 0 radical (unpaired) electrons. The maximum atomic E-state index is 9.97. The quantitative estimate of drug-likeness (QED) is 0.904. The molecule has 1 unspecified atom stereocenters. The molecule has 1 atom stereocenters. The van der Waals surface area contributed by atoms with Crippen LogP contribution in [-0.2, 0) is 12.8 Å². The van der Waals surface area contributed by atoms with Gasteiger partial charge in [-0.25, -0.2) is 4.98 Å². The molecular formula is C16H19NOS. The summed E-state index contributed by atoms with van der Waals surface area (Å²) in [6.45, 7) is 4.26. The zero-order valence-electron chi connectivity index (χ0n) is 11.4. The summed E-state index contributed by atoms with van der Waals surface area (Å²) in [6, 6.07) is 6.65. The van der Waals surface area contributed by atoms with Crippen molar-refractivity contribution in [1.82, 2.24) is 4.98 Å². The van der Waals surface area contributed by atoms with Crippen LogP contribution >= 0.6 is 11.3 Å². The van der Waals surface area contributed by atoms with Gasteiger partial charge in [0, 0.05) is 11.3 Å². The molecule has 2 nitrogen and oxygen atoms in total. The van der Waals surface area contributed by atoms with Crippen LogP contribution in [0.2, 0.25) is 0 Å². The summed E-state index contributed by atoms with van der Waals surface area (Å²) in [4.78, 5) is 5.94. The largest absolute Gasteiger partial charge is 0.387 e. The number of benzene rings is 1. The van der Waals surface area contributed by atoms with Gasteiger partial charge in [-0.15, -0.1) is 11.3 Å². The smallest absolute Gasteiger partial charge is 0.0976 e. The fraction of sp³-hybridized carbons (Fsp3) is 0.438. The highest BCUT2D eigenvalue weighted by Crippen LogP contribution is 2.33. The molecule has 19 heavy (non-hydrogen) atoms. The van der Waals surface area contributed by atoms with E-state index in [1.807, 2.05) is 0 Å². The number of aliphatic hydroxyl groups excluding tert-OH is 1. The van der Waals surface area contributed by atoms with Crippen molar-refractivity contribution in [1.29, 1.82) is 0 Å². The number of aromatic nitrogens is 1. The van der Waals surface area contributed by atoms with E-state index in [1.165, 1.54) is 21.6 Å². The minimum atomic E-state index is -0.340. The second kappa shape index (κ2) is 5.06. The first kappa shape index (κ1) is 12.8. The number of hydrogen-bond donors (Lipinski definition) is 1. The van der Waals surface area contributed by atoms with Gasteiger partial charge in [0.25, 0.3) is 0 Å². The Hall–Kier alpha value is -1.19. The van der Waals surface area contributed by atoms with Crippen LogP contribution < -0.4 is 0 Å². The van der Waals surface area contributed by atoms with Crippen LogP contribution in [0, 0.1) is 13.8 Å². The minimum absolute atomic E-state index is 0.340. The molecule has 3 rings (SSSR count). The molecule has 100 valence electrons. The van der Waals surface area contributed by atoms with Gasteiger partial charge < -0.3 is 5.11 Å². The fourth-order valence-electron chi connectivity index (χ4n) is 2.87. The van der Waals surface area contributed by atoms with Crippen LogP contribution in [-0.4, -0.2) is 10.1 Å². The van der Waals surface area contributed by atoms with Gasteiger partial charge in [-0.1, -0.05) is 29.3 Å². The SMILES string of the molecule is Cc1cc(C)cc(Cc2nc3c(s2)CCCC3O)c1. The molecule has 0 aliphatic heterocycles. The summed E-state index contributed by atoms with van der Waals surface area (Å²) in [7, 11) is 0. The second-order valence-corrected chi connectivity index (χ2v) is 6.66. The van der Waals surface area contributed by atoms with Crippen LogP contribution in [0.3, 0.4) is 0 Å². The highest BCUT2D eigenvalue weighted by Gasteiger charge is 2.22. The molecule has 1 aromatic carbocycles. The predicted molar refractivity (Wildman–Crippen MR) is 78.7 cm³/mol. The Morgan fingerprint density at radius 1 is 1.26 bits per heavy atom. The first-order valence-corrected chi connectivity index (χ1v) is 7.67. The summed E-state index contributed by atoms with van der Waals surface area (Å²) in [5.41, 5.74) is 4.86. The Labute approximate surface area is 118 Å². The minimum Gasteiger partial charge on any atom is -0.387 e. The summed E-state index contributed by atoms with van der Waals surface area (Å²) >= 11 is 1.77. The molecule has 0 saturated heterocycles. The van der Waals surface area contributed by atoms with E-state index in [0.29, 0.717) is 0 Å². The molecule has 0 bridgehead atoms. The number of nitrogens with zero attached hydrogens (tertiary/aromatic N) is 1. The van der Waals surface area contributed by atoms with E-state index in [4.69, 9.17) is 0 Å². The van der Waals surface area contributed by atoms with Gasteiger partial charge in [0.1, 0.15) is 0 Å². The summed E-state index contributed by atoms with van der Waals surface area (Å²) in [5, 5.41) is 11.1. The van der Waals surface area contributed by atoms with Crippen LogP contribution in [0.25, 0.3) is 0 Å². The van der Waals surface area contributed by atoms with Gasteiger partial charge in [0.2, 0.25) is 0 Å². The van der Waals surface area contributed by atoms with E-state index in [2.05, 4.69) is 37.0 Å². The van der Waals surface area contributed by atoms with Crippen molar-refractivity contribution in [2.45, 2.75) is 45.6 Å². The van der Waals surface area contributed by atoms with E-state index < -0.39 is 0 Å². The van der Waals surface area contributed by atoms with Gasteiger partial charge in [0.15, 0.2) is 0 Å². The number of aryl methyl sites for hydroxylation is 3. The van der Waals surface area contributed by atoms with E-state index >= 15 is 0 Å². The van der Waals surface area contributed by atoms with E-state index in [-0.39, 0.29) is 6.10 Å². The topological polar surface area (TPSA) is 33.1 Å². The zero-order chi connectivity index (χ0) is 13.4. The molecule has 2 aromatic rings. The Bertz CT molecular complexity index is 583. The third-order valence-corrected chi connectivity index (χ3v) is 4.74. The van der Waals surface area contributed by atoms with Crippen molar-refractivity contribution >= 4 is 11.3 Å². The second-order valence-electron chi connectivity index (χ2n) is 5.50. The van der Waals surface area contributed by atoms with Crippen molar-refractivity contribution < 1.29 is 5.11 Å². The average molecular weight is 273 g/mol. The summed E-state index contributed by atoms with van der Waals surface area (Å²) in [5.74, 6) is 0. The van der Waals surface area contributed by atoms with Gasteiger partial charge in [-0.05, 0) is 38.7 Å². The normalized spacial score (nSPS) is 18.4. The molecule has 0 fully saturated rings. The molecular weight excluding hydrogens is 254 g/mol. The molecule has 0 spiro atoms. The molecule has 1 N–H and O–H groups in total. The third kappa shape index (κ3) is 2.72. The van der Waals surface area contributed by atoms with E-state index in [9.17, 15) is 5.11 Å². The molecule has 3 heteroatoms. The molecule has 1 aromatic heterocycles. The van der Waals surface area contributed by atoms with Gasteiger partial charge in [0.05, 0.1) is 16.8 Å². The Morgan fingerprint density at radius 3 is 2.68 bits per heavy atom. The molecule has 0 saturated carbocycles. The van der Waals surface area contributed by atoms with Gasteiger partial charge >= 0.3 is 0 Å². The summed E-state index contributed by atoms with van der Waals surface area (Å²) in [6.07, 6.45) is 3.57. The van der Waals surface area contributed by atoms with Crippen LogP contribution in [0.5, 0.6) is 0 Å². The van der Waals surface area contributed by atoms with Crippen LogP contribution in [0.4, 0.5) is 0 Å². The Balaban J connectivity index is 1.87. The lowest BCUT2D eigenvalue weighted by Crippen LogP contribution is -2.07. The van der Waals surface area contributed by atoms with Crippen molar-refractivity contribution in [3.8, 4) is 0 Å². The van der Waals surface area contributed by atoms with Crippen LogP contribution in [0.15, 0.2) is 18.2 Å². The van der Waals surface area contributed by atoms with Gasteiger partial charge in [-0.3, -0.25) is 0 Å². The van der Waals surface area contributed by atoms with Crippen molar-refractivity contribution in [3.63, 3.8) is 0 Å². The Morgan fingerprint density at radius 2 is 2.00 bits per heavy atom. The molecule has 1 aliphatic carbocycles. The lowest BCUT2D eigenvalue weighted by atomic mass is 10.0. The van der Waals surface area contributed by atoms with Gasteiger partial charge in [-0.2, -0.15) is 0 Å². The molecule has 1 heterocycles. The number of fused-ring (bicyclic) bond motifs is 1. The Kier molecular flexibility index (Phi) is 3.42. The lowest BCUT2D eigenvalue weighted by Gasteiger charge is -2.14. The number of thiazole rings is 1. The number of rotatable bonds is 2. The molecule has 1 aliphatic rings. The molecule has 0 amide bonds. The first-order chi connectivity index (χ1) is 9.11. The monoisotopic (exact) mass is 273 g/mol. The summed E-state index contributed by atoms with van der Waals surface area (Å²) < 4.78 is 0. The highest BCUT2D eigenvalue weighted by molar-refractivity contribution is 7.11. The zero-order valence-corrected chi connectivity index (χ0v) is 12.3. The average Bonchev–Trinajstić information content (AvgIpc) is 2.71. The lowest BCUT2D eigenvalue weighted by molar-refractivity contribution is 0.153. The van der Waals surface area contributed by atoms with Crippen molar-refractivity contribution in [2.75, 3.05) is 0 Å². The fourth-order valence-corrected chi connectivity index (χ4v) is 4.07. The van der Waals surface area contributed by atoms with Crippen molar-refractivity contribution in [2.24, 2.45) is 0 Å². The highest BCUT2D eigenvalue weighted by atomic mass is 32.1. The van der Waals surface area contributed by atoms with E-state index in [1.54, 1.807) is 11.3 Å².